The van der Waals surface area contributed by atoms with Gasteiger partial charge in [-0.1, -0.05) is 17.7 Å². The molecule has 150 valence electrons. The first-order chi connectivity index (χ1) is 14.0. The number of rotatable bonds is 6. The SMILES string of the molecule is CCOC(=O)c1ccc(NC(=O)Nc2ccn(Cc3c(F)cccc3Cl)n2)cc1. The van der Waals surface area contributed by atoms with Crippen molar-refractivity contribution in [3.8, 4) is 0 Å². The lowest BCUT2D eigenvalue weighted by Gasteiger charge is -2.07. The average molecular weight is 417 g/mol. The molecule has 0 bridgehead atoms. The standard InChI is InChI=1S/C20H18ClFN4O3/c1-2-29-19(27)13-6-8-14(9-7-13)23-20(28)24-18-10-11-26(25-18)12-15-16(21)4-3-5-17(15)22/h3-11H,2,12H2,1H3,(H2,23,24,25,28). The maximum Gasteiger partial charge on any atom is 0.338 e. The van der Waals surface area contributed by atoms with Gasteiger partial charge in [-0.05, 0) is 43.3 Å². The molecule has 1 aromatic heterocycles. The van der Waals surface area contributed by atoms with E-state index in [1.807, 2.05) is 0 Å². The van der Waals surface area contributed by atoms with Crippen molar-refractivity contribution in [2.45, 2.75) is 13.5 Å². The van der Waals surface area contributed by atoms with Crippen molar-refractivity contribution in [2.75, 3.05) is 17.2 Å². The van der Waals surface area contributed by atoms with E-state index in [0.717, 1.165) is 0 Å². The van der Waals surface area contributed by atoms with Crippen LogP contribution in [0.5, 0.6) is 0 Å². The molecule has 9 heteroatoms. The van der Waals surface area contributed by atoms with E-state index in [0.29, 0.717) is 21.8 Å². The highest BCUT2D eigenvalue weighted by atomic mass is 35.5. The van der Waals surface area contributed by atoms with Crippen LogP contribution in [-0.2, 0) is 11.3 Å². The summed E-state index contributed by atoms with van der Waals surface area (Å²) < 4.78 is 20.3. The Morgan fingerprint density at radius 3 is 2.59 bits per heavy atom. The number of hydrogen-bond acceptors (Lipinski definition) is 4. The first-order valence-corrected chi connectivity index (χ1v) is 9.15. The Morgan fingerprint density at radius 2 is 1.90 bits per heavy atom. The smallest absolute Gasteiger partial charge is 0.338 e. The number of esters is 1. The quantitative estimate of drug-likeness (QED) is 0.577. The van der Waals surface area contributed by atoms with E-state index >= 15 is 0 Å². The molecular weight excluding hydrogens is 399 g/mol. The number of benzene rings is 2. The summed E-state index contributed by atoms with van der Waals surface area (Å²) >= 11 is 6.02. The van der Waals surface area contributed by atoms with E-state index in [1.165, 1.54) is 16.8 Å². The number of amides is 2. The minimum Gasteiger partial charge on any atom is -0.462 e. The maximum atomic E-state index is 13.9. The molecule has 0 spiro atoms. The lowest BCUT2D eigenvalue weighted by atomic mass is 10.2. The molecule has 0 aliphatic rings. The Morgan fingerprint density at radius 1 is 1.14 bits per heavy atom. The summed E-state index contributed by atoms with van der Waals surface area (Å²) in [6.45, 7) is 2.14. The van der Waals surface area contributed by atoms with E-state index < -0.39 is 17.8 Å². The van der Waals surface area contributed by atoms with E-state index in [4.69, 9.17) is 16.3 Å². The number of halogens is 2. The third kappa shape index (κ3) is 5.32. The molecule has 1 heterocycles. The molecule has 0 saturated carbocycles. The van der Waals surface area contributed by atoms with Gasteiger partial charge in [0, 0.05) is 28.5 Å². The number of anilines is 2. The number of nitrogens with zero attached hydrogens (tertiary/aromatic N) is 2. The number of ether oxygens (including phenoxy) is 1. The minimum atomic E-state index is -0.511. The van der Waals surface area contributed by atoms with Gasteiger partial charge in [0.1, 0.15) is 5.82 Å². The zero-order valence-corrected chi connectivity index (χ0v) is 16.2. The van der Waals surface area contributed by atoms with Crippen LogP contribution in [0.25, 0.3) is 0 Å². The van der Waals surface area contributed by atoms with Crippen molar-refractivity contribution in [3.63, 3.8) is 0 Å². The monoisotopic (exact) mass is 416 g/mol. The third-order valence-corrected chi connectivity index (χ3v) is 4.27. The number of carbonyl (C=O) groups excluding carboxylic acids is 2. The topological polar surface area (TPSA) is 85.2 Å². The highest BCUT2D eigenvalue weighted by Gasteiger charge is 2.11. The van der Waals surface area contributed by atoms with Crippen LogP contribution in [0, 0.1) is 5.82 Å². The van der Waals surface area contributed by atoms with Crippen molar-refractivity contribution in [1.29, 1.82) is 0 Å². The van der Waals surface area contributed by atoms with E-state index in [9.17, 15) is 14.0 Å². The van der Waals surface area contributed by atoms with Gasteiger partial charge in [0.2, 0.25) is 0 Å². The zero-order valence-electron chi connectivity index (χ0n) is 15.5. The predicted molar refractivity (Wildman–Crippen MR) is 108 cm³/mol. The first kappa shape index (κ1) is 20.3. The van der Waals surface area contributed by atoms with Crippen LogP contribution in [0.4, 0.5) is 20.7 Å². The zero-order chi connectivity index (χ0) is 20.8. The number of urea groups is 1. The normalized spacial score (nSPS) is 10.4. The molecule has 3 rings (SSSR count). The fourth-order valence-electron chi connectivity index (χ4n) is 2.54. The van der Waals surface area contributed by atoms with Gasteiger partial charge in [-0.2, -0.15) is 5.10 Å². The summed E-state index contributed by atoms with van der Waals surface area (Å²) in [7, 11) is 0. The largest absolute Gasteiger partial charge is 0.462 e. The Bertz CT molecular complexity index is 1000. The number of hydrogen-bond donors (Lipinski definition) is 2. The molecule has 29 heavy (non-hydrogen) atoms. The summed E-state index contributed by atoms with van der Waals surface area (Å²) in [5.74, 6) is -0.561. The summed E-state index contributed by atoms with van der Waals surface area (Å²) in [4.78, 5) is 23.8. The highest BCUT2D eigenvalue weighted by Crippen LogP contribution is 2.20. The number of nitrogens with one attached hydrogen (secondary N) is 2. The maximum absolute atomic E-state index is 13.9. The summed E-state index contributed by atoms with van der Waals surface area (Å²) in [5, 5.41) is 9.71. The lowest BCUT2D eigenvalue weighted by Crippen LogP contribution is -2.20. The molecular formula is C20H18ClFN4O3. The Kier molecular flexibility index (Phi) is 6.46. The van der Waals surface area contributed by atoms with Crippen molar-refractivity contribution in [1.82, 2.24) is 9.78 Å². The van der Waals surface area contributed by atoms with Crippen LogP contribution < -0.4 is 10.6 Å². The van der Waals surface area contributed by atoms with E-state index in [-0.39, 0.29) is 19.0 Å². The van der Waals surface area contributed by atoms with Gasteiger partial charge in [0.15, 0.2) is 5.82 Å². The fraction of sp³-hybridized carbons (Fsp3) is 0.150. The predicted octanol–water partition coefficient (Wildman–Crippen LogP) is 4.54. The van der Waals surface area contributed by atoms with Gasteiger partial charge < -0.3 is 10.1 Å². The van der Waals surface area contributed by atoms with E-state index in [1.54, 1.807) is 49.5 Å². The van der Waals surface area contributed by atoms with Gasteiger partial charge in [0.05, 0.1) is 18.7 Å². The Hall–Kier alpha value is -3.39. The highest BCUT2D eigenvalue weighted by molar-refractivity contribution is 6.31. The molecule has 0 saturated heterocycles. The first-order valence-electron chi connectivity index (χ1n) is 8.78. The van der Waals surface area contributed by atoms with Crippen molar-refractivity contribution >= 4 is 35.1 Å². The summed E-state index contributed by atoms with van der Waals surface area (Å²) in [5.41, 5.74) is 1.20. The molecule has 0 fully saturated rings. The minimum absolute atomic E-state index is 0.129. The van der Waals surface area contributed by atoms with Crippen LogP contribution in [0.3, 0.4) is 0 Å². The molecule has 2 N–H and O–H groups in total. The van der Waals surface area contributed by atoms with Crippen molar-refractivity contribution < 1.29 is 18.7 Å². The average Bonchev–Trinajstić information content (AvgIpc) is 3.12. The van der Waals surface area contributed by atoms with Crippen LogP contribution in [0.15, 0.2) is 54.7 Å². The molecule has 7 nitrogen and oxygen atoms in total. The lowest BCUT2D eigenvalue weighted by molar-refractivity contribution is 0.0526. The van der Waals surface area contributed by atoms with Gasteiger partial charge in [-0.15, -0.1) is 0 Å². The van der Waals surface area contributed by atoms with Gasteiger partial charge in [0.25, 0.3) is 0 Å². The van der Waals surface area contributed by atoms with Crippen molar-refractivity contribution in [3.05, 3.63) is 76.7 Å². The molecule has 2 aromatic carbocycles. The molecule has 0 aliphatic heterocycles. The summed E-state index contributed by atoms with van der Waals surface area (Å²) in [6.07, 6.45) is 1.60. The van der Waals surface area contributed by atoms with Gasteiger partial charge in [-0.25, -0.2) is 14.0 Å². The molecule has 0 aliphatic carbocycles. The molecule has 3 aromatic rings. The van der Waals surface area contributed by atoms with Gasteiger partial charge >= 0.3 is 12.0 Å². The van der Waals surface area contributed by atoms with Crippen LogP contribution in [-0.4, -0.2) is 28.4 Å². The molecule has 0 radical (unpaired) electrons. The number of carbonyl (C=O) groups is 2. The van der Waals surface area contributed by atoms with Crippen LogP contribution in [0.2, 0.25) is 5.02 Å². The second-order valence-corrected chi connectivity index (χ2v) is 6.38. The van der Waals surface area contributed by atoms with E-state index in [2.05, 4.69) is 15.7 Å². The molecule has 2 amide bonds. The second-order valence-electron chi connectivity index (χ2n) is 5.98. The molecule has 0 atom stereocenters. The van der Waals surface area contributed by atoms with Crippen LogP contribution in [0.1, 0.15) is 22.8 Å². The summed E-state index contributed by atoms with van der Waals surface area (Å²) in [6, 6.07) is 11.8. The van der Waals surface area contributed by atoms with Crippen LogP contribution >= 0.6 is 11.6 Å². The van der Waals surface area contributed by atoms with Gasteiger partial charge in [-0.3, -0.25) is 10.00 Å². The Labute approximate surface area is 171 Å². The third-order valence-electron chi connectivity index (χ3n) is 3.92. The molecule has 0 unspecified atom stereocenters. The second kappa shape index (κ2) is 9.20. The number of aromatic nitrogens is 2. The Balaban J connectivity index is 1.58. The fourth-order valence-corrected chi connectivity index (χ4v) is 2.77. The van der Waals surface area contributed by atoms with Crippen molar-refractivity contribution in [2.24, 2.45) is 0 Å².